The van der Waals surface area contributed by atoms with Crippen LogP contribution in [0.5, 0.6) is 11.5 Å². The monoisotopic (exact) mass is 668 g/mol. The summed E-state index contributed by atoms with van der Waals surface area (Å²) in [6.45, 7) is 0. The van der Waals surface area contributed by atoms with Crippen LogP contribution in [-0.2, 0) is 0 Å². The van der Waals surface area contributed by atoms with E-state index in [-0.39, 0.29) is 0 Å². The lowest BCUT2D eigenvalue weighted by Crippen LogP contribution is -2.22. The highest BCUT2D eigenvalue weighted by Gasteiger charge is 2.15. The van der Waals surface area contributed by atoms with Gasteiger partial charge in [0.05, 0.1) is 25.3 Å². The summed E-state index contributed by atoms with van der Waals surface area (Å²) in [6.07, 6.45) is 9.67. The number of para-hydroxylation sites is 2. The molecule has 6 N–H and O–H groups in total. The van der Waals surface area contributed by atoms with Crippen molar-refractivity contribution in [3.8, 4) is 56.0 Å². The van der Waals surface area contributed by atoms with E-state index in [1.54, 1.807) is 26.6 Å². The quantitative estimate of drug-likeness (QED) is 0.148. The van der Waals surface area contributed by atoms with Gasteiger partial charge >= 0.3 is 11.4 Å². The van der Waals surface area contributed by atoms with E-state index in [4.69, 9.17) is 9.47 Å². The zero-order valence-electron chi connectivity index (χ0n) is 26.6. The number of H-pyrrole nitrogens is 6. The predicted molar refractivity (Wildman–Crippen MR) is 190 cm³/mol. The van der Waals surface area contributed by atoms with Crippen LogP contribution in [0.2, 0.25) is 0 Å². The molecular formula is C36H28N8O6. The number of benzene rings is 2. The largest absolute Gasteiger partial charge is 0.496 e. The summed E-state index contributed by atoms with van der Waals surface area (Å²) in [5.74, 6) is 1.49. The molecule has 6 aromatic heterocycles. The van der Waals surface area contributed by atoms with E-state index in [0.717, 1.165) is 44.5 Å². The fourth-order valence-corrected chi connectivity index (χ4v) is 5.73. The van der Waals surface area contributed by atoms with E-state index < -0.39 is 22.5 Å². The molecular weight excluding hydrogens is 640 g/mol. The van der Waals surface area contributed by atoms with Crippen LogP contribution in [0.4, 0.5) is 0 Å². The number of rotatable bonds is 6. The average molecular weight is 669 g/mol. The second-order valence-corrected chi connectivity index (χ2v) is 11.0. The van der Waals surface area contributed by atoms with Gasteiger partial charge in [-0.25, -0.2) is 19.6 Å². The minimum absolute atomic E-state index is 0.348. The fraction of sp³-hybridized carbons (Fsp3) is 0.0556. The van der Waals surface area contributed by atoms with Gasteiger partial charge in [-0.2, -0.15) is 0 Å². The molecule has 14 heteroatoms. The highest BCUT2D eigenvalue weighted by molar-refractivity contribution is 5.98. The van der Waals surface area contributed by atoms with Gasteiger partial charge in [-0.05, 0) is 24.3 Å². The van der Waals surface area contributed by atoms with Gasteiger partial charge in [-0.3, -0.25) is 19.6 Å². The summed E-state index contributed by atoms with van der Waals surface area (Å²) in [6, 6.07) is 19.1. The number of aromatic amines is 6. The Labute approximate surface area is 280 Å². The molecule has 2 aromatic carbocycles. The van der Waals surface area contributed by atoms with Crippen LogP contribution < -0.4 is 32.0 Å². The lowest BCUT2D eigenvalue weighted by molar-refractivity contribution is 0.416. The molecule has 0 amide bonds. The SMILES string of the molecule is COc1ccccc1-c1c[nH]c2ncc(-c3c[nH]c(=O)[nH]c3=O)cc12.COc1ccccc1-c1c[nH]c2ncc(-c3c[nH]c(=O)[nH]c3=O)cc12. The molecule has 0 radical (unpaired) electrons. The van der Waals surface area contributed by atoms with Gasteiger partial charge in [0.2, 0.25) is 0 Å². The second-order valence-electron chi connectivity index (χ2n) is 11.0. The van der Waals surface area contributed by atoms with Crippen molar-refractivity contribution in [1.29, 1.82) is 0 Å². The molecule has 0 fully saturated rings. The summed E-state index contributed by atoms with van der Waals surface area (Å²) in [5, 5.41) is 1.71. The predicted octanol–water partition coefficient (Wildman–Crippen LogP) is 4.56. The summed E-state index contributed by atoms with van der Waals surface area (Å²) in [7, 11) is 3.24. The zero-order valence-corrected chi connectivity index (χ0v) is 26.6. The summed E-state index contributed by atoms with van der Waals surface area (Å²) in [5.41, 5.74) is 5.00. The molecule has 6 heterocycles. The molecule has 0 saturated heterocycles. The van der Waals surface area contributed by atoms with E-state index >= 15 is 0 Å². The zero-order chi connectivity index (χ0) is 34.8. The van der Waals surface area contributed by atoms with Crippen LogP contribution in [0.15, 0.2) is 117 Å². The topological polar surface area (TPSA) is 207 Å². The molecule has 50 heavy (non-hydrogen) atoms. The van der Waals surface area contributed by atoms with E-state index in [1.807, 2.05) is 73.1 Å². The maximum Gasteiger partial charge on any atom is 0.325 e. The van der Waals surface area contributed by atoms with Crippen molar-refractivity contribution in [1.82, 2.24) is 39.9 Å². The summed E-state index contributed by atoms with van der Waals surface area (Å²) < 4.78 is 10.9. The lowest BCUT2D eigenvalue weighted by atomic mass is 10.0. The van der Waals surface area contributed by atoms with Gasteiger partial charge in [0.25, 0.3) is 11.1 Å². The smallest absolute Gasteiger partial charge is 0.325 e. The van der Waals surface area contributed by atoms with Crippen molar-refractivity contribution in [3.05, 3.63) is 140 Å². The molecule has 0 atom stereocenters. The molecule has 0 aliphatic carbocycles. The highest BCUT2D eigenvalue weighted by atomic mass is 16.5. The first-order valence-electron chi connectivity index (χ1n) is 15.2. The second kappa shape index (κ2) is 13.1. The van der Waals surface area contributed by atoms with Gasteiger partial charge < -0.3 is 29.4 Å². The van der Waals surface area contributed by atoms with Crippen molar-refractivity contribution in [3.63, 3.8) is 0 Å². The first-order chi connectivity index (χ1) is 24.3. The van der Waals surface area contributed by atoms with Crippen molar-refractivity contribution in [2.75, 3.05) is 14.2 Å². The fourth-order valence-electron chi connectivity index (χ4n) is 5.73. The Kier molecular flexibility index (Phi) is 8.23. The Morgan fingerprint density at radius 1 is 0.500 bits per heavy atom. The molecule has 8 rings (SSSR count). The minimum Gasteiger partial charge on any atom is -0.496 e. The van der Waals surface area contributed by atoms with E-state index in [9.17, 15) is 19.2 Å². The standard InChI is InChI=1S/2C18H14N4O3/c2*1-25-15-5-3-2-4-11(15)14-9-20-16-12(14)6-10(7-19-16)13-8-21-18(24)22-17(13)23/h2*2-9H,1H3,(H,19,20)(H2,21,22,23,24). The molecule has 0 spiro atoms. The Balaban J connectivity index is 0.000000157. The Bertz CT molecular complexity index is 2560. The third kappa shape index (κ3) is 5.88. The number of fused-ring (bicyclic) bond motifs is 2. The molecule has 0 unspecified atom stereocenters. The molecule has 8 aromatic rings. The van der Waals surface area contributed by atoms with Crippen molar-refractivity contribution in [2.24, 2.45) is 0 Å². The molecule has 0 aliphatic heterocycles. The van der Waals surface area contributed by atoms with E-state index in [1.165, 1.54) is 12.4 Å². The van der Waals surface area contributed by atoms with Crippen molar-refractivity contribution in [2.45, 2.75) is 0 Å². The van der Waals surface area contributed by atoms with Crippen molar-refractivity contribution < 1.29 is 9.47 Å². The number of nitrogens with zero attached hydrogens (tertiary/aromatic N) is 2. The Morgan fingerprint density at radius 3 is 1.30 bits per heavy atom. The van der Waals surface area contributed by atoms with Crippen LogP contribution in [0.3, 0.4) is 0 Å². The van der Waals surface area contributed by atoms with Gasteiger partial charge in [-0.15, -0.1) is 0 Å². The van der Waals surface area contributed by atoms with Gasteiger partial charge in [-0.1, -0.05) is 36.4 Å². The maximum atomic E-state index is 12.0. The number of hydrogen-bond donors (Lipinski definition) is 6. The molecule has 0 aliphatic rings. The Morgan fingerprint density at radius 2 is 0.900 bits per heavy atom. The van der Waals surface area contributed by atoms with Crippen LogP contribution >= 0.6 is 0 Å². The number of methoxy groups -OCH3 is 2. The highest BCUT2D eigenvalue weighted by Crippen LogP contribution is 2.36. The van der Waals surface area contributed by atoms with Gasteiger partial charge in [0.1, 0.15) is 22.8 Å². The third-order valence-electron chi connectivity index (χ3n) is 8.12. The number of aromatic nitrogens is 8. The van der Waals surface area contributed by atoms with Crippen LogP contribution in [0.1, 0.15) is 0 Å². The number of pyridine rings is 2. The summed E-state index contributed by atoms with van der Waals surface area (Å²) in [4.78, 5) is 70.9. The van der Waals surface area contributed by atoms with Crippen LogP contribution in [0.25, 0.3) is 66.6 Å². The summed E-state index contributed by atoms with van der Waals surface area (Å²) >= 11 is 0. The van der Waals surface area contributed by atoms with E-state index in [2.05, 4.69) is 39.9 Å². The number of hydrogen-bond acceptors (Lipinski definition) is 8. The first kappa shape index (κ1) is 31.4. The minimum atomic E-state index is -0.542. The van der Waals surface area contributed by atoms with Gasteiger partial charge in [0, 0.05) is 81.3 Å². The first-order valence-corrected chi connectivity index (χ1v) is 15.2. The van der Waals surface area contributed by atoms with Crippen LogP contribution in [-0.4, -0.2) is 54.1 Å². The number of ether oxygens (including phenoxy) is 2. The molecule has 14 nitrogen and oxygen atoms in total. The molecule has 248 valence electrons. The normalized spacial score (nSPS) is 10.9. The van der Waals surface area contributed by atoms with Gasteiger partial charge in [0.15, 0.2) is 0 Å². The lowest BCUT2D eigenvalue weighted by Gasteiger charge is -2.07. The average Bonchev–Trinajstić information content (AvgIpc) is 3.75. The Hall–Kier alpha value is -7.22. The van der Waals surface area contributed by atoms with E-state index in [0.29, 0.717) is 33.5 Å². The molecule has 0 saturated carbocycles. The number of nitrogens with one attached hydrogen (secondary N) is 6. The molecule has 0 bridgehead atoms. The van der Waals surface area contributed by atoms with Crippen molar-refractivity contribution >= 4 is 22.1 Å². The van der Waals surface area contributed by atoms with Crippen LogP contribution in [0, 0.1) is 0 Å². The third-order valence-corrected chi connectivity index (χ3v) is 8.12. The maximum absolute atomic E-state index is 12.0.